The molecule has 1 nitrogen and oxygen atoms in total. The minimum Gasteiger partial charge on any atom is -0.392 e. The van der Waals surface area contributed by atoms with Crippen LogP contribution in [-0.4, -0.2) is 17.9 Å². The second-order valence-electron chi connectivity index (χ2n) is 1.90. The van der Waals surface area contributed by atoms with Crippen molar-refractivity contribution in [3.05, 3.63) is 24.3 Å². The summed E-state index contributed by atoms with van der Waals surface area (Å²) in [6, 6.07) is 0. The molecule has 64 valence electrons. The van der Waals surface area contributed by atoms with Gasteiger partial charge in [0.15, 0.2) is 0 Å². The van der Waals surface area contributed by atoms with E-state index < -0.39 is 18.4 Å². The smallest absolute Gasteiger partial charge is 0.392 e. The molecule has 1 N–H and O–H groups in total. The first-order valence-electron chi connectivity index (χ1n) is 3.00. The molecule has 0 aromatic rings. The summed E-state index contributed by atoms with van der Waals surface area (Å²) in [7, 11) is 0. The zero-order chi connectivity index (χ0) is 8.91. The van der Waals surface area contributed by atoms with Crippen molar-refractivity contribution in [2.45, 2.75) is 12.6 Å². The van der Waals surface area contributed by atoms with Crippen LogP contribution in [-0.2, 0) is 0 Å². The molecule has 0 aliphatic rings. The van der Waals surface area contributed by atoms with Gasteiger partial charge in [-0.05, 0) is 6.42 Å². The molecular formula is C7H9F3O. The molecule has 0 aliphatic carbocycles. The van der Waals surface area contributed by atoms with E-state index in [4.69, 9.17) is 5.11 Å². The van der Waals surface area contributed by atoms with E-state index in [0.717, 1.165) is 12.2 Å². The highest BCUT2D eigenvalue weighted by atomic mass is 19.4. The minimum absolute atomic E-state index is 0.260. The number of alkyl halides is 3. The molecule has 0 aromatic carbocycles. The molecule has 0 unspecified atom stereocenters. The largest absolute Gasteiger partial charge is 0.412 e. The first-order chi connectivity index (χ1) is 5.02. The van der Waals surface area contributed by atoms with Crippen molar-refractivity contribution in [1.29, 1.82) is 0 Å². The van der Waals surface area contributed by atoms with Crippen molar-refractivity contribution >= 4 is 0 Å². The summed E-state index contributed by atoms with van der Waals surface area (Å²) in [5, 5.41) is 8.22. The first kappa shape index (κ1) is 10.2. The highest BCUT2D eigenvalue weighted by Crippen LogP contribution is 2.27. The van der Waals surface area contributed by atoms with Crippen LogP contribution >= 0.6 is 0 Å². The molecule has 0 spiro atoms. The number of halogens is 3. The van der Waals surface area contributed by atoms with Gasteiger partial charge in [-0.25, -0.2) is 0 Å². The topological polar surface area (TPSA) is 20.2 Å². The molecule has 0 heterocycles. The van der Waals surface area contributed by atoms with Gasteiger partial charge in [-0.15, -0.1) is 6.58 Å². The fourth-order valence-corrected chi connectivity index (χ4v) is 0.580. The molecule has 0 aromatic heterocycles. The number of aliphatic hydroxyl groups is 1. The van der Waals surface area contributed by atoms with Crippen LogP contribution < -0.4 is 0 Å². The Kier molecular flexibility index (Phi) is 3.89. The highest BCUT2D eigenvalue weighted by molar-refractivity contribution is 5.12. The first-order valence-corrected chi connectivity index (χ1v) is 3.00. The fourth-order valence-electron chi connectivity index (χ4n) is 0.580. The average Bonchev–Trinajstić information content (AvgIpc) is 1.85. The lowest BCUT2D eigenvalue weighted by Gasteiger charge is -2.08. The Morgan fingerprint density at radius 2 is 2.00 bits per heavy atom. The highest BCUT2D eigenvalue weighted by Gasteiger charge is 2.31. The Morgan fingerprint density at radius 3 is 2.27 bits per heavy atom. The maximum atomic E-state index is 11.9. The van der Waals surface area contributed by atoms with E-state index in [1.807, 2.05) is 0 Å². The normalized spacial score (nSPS) is 13.3. The standard InChI is InChI=1S/C7H9F3O/c1-2-3-6(4-5-11)7(8,9)10/h2,4,11H,1,3,5H2/b6-4-. The van der Waals surface area contributed by atoms with Crippen molar-refractivity contribution in [1.82, 2.24) is 0 Å². The number of rotatable bonds is 3. The molecule has 0 amide bonds. The quantitative estimate of drug-likeness (QED) is 0.636. The lowest BCUT2D eigenvalue weighted by Crippen LogP contribution is -2.11. The minimum atomic E-state index is -4.35. The van der Waals surface area contributed by atoms with E-state index >= 15 is 0 Å². The molecule has 0 fully saturated rings. The third kappa shape index (κ3) is 3.83. The van der Waals surface area contributed by atoms with Crippen molar-refractivity contribution in [3.8, 4) is 0 Å². The summed E-state index contributed by atoms with van der Waals surface area (Å²) in [4.78, 5) is 0. The summed E-state index contributed by atoms with van der Waals surface area (Å²) < 4.78 is 35.6. The van der Waals surface area contributed by atoms with E-state index in [2.05, 4.69) is 6.58 Å². The van der Waals surface area contributed by atoms with Gasteiger partial charge in [0.05, 0.1) is 6.61 Å². The Balaban J connectivity index is 4.34. The van der Waals surface area contributed by atoms with Crippen LogP contribution in [0.25, 0.3) is 0 Å². The monoisotopic (exact) mass is 166 g/mol. The van der Waals surface area contributed by atoms with Gasteiger partial charge in [-0.3, -0.25) is 0 Å². The van der Waals surface area contributed by atoms with Crippen LogP contribution in [0.3, 0.4) is 0 Å². The molecule has 4 heteroatoms. The fraction of sp³-hybridized carbons (Fsp3) is 0.429. The van der Waals surface area contributed by atoms with Crippen LogP contribution in [0.2, 0.25) is 0 Å². The van der Waals surface area contributed by atoms with Gasteiger partial charge in [0.25, 0.3) is 0 Å². The Morgan fingerprint density at radius 1 is 1.45 bits per heavy atom. The Hall–Kier alpha value is -0.770. The zero-order valence-corrected chi connectivity index (χ0v) is 5.86. The molecule has 11 heavy (non-hydrogen) atoms. The van der Waals surface area contributed by atoms with Gasteiger partial charge in [-0.2, -0.15) is 13.2 Å². The summed E-state index contributed by atoms with van der Waals surface area (Å²) in [5.41, 5.74) is -0.755. The van der Waals surface area contributed by atoms with Crippen LogP contribution in [0.5, 0.6) is 0 Å². The van der Waals surface area contributed by atoms with E-state index in [0.29, 0.717) is 0 Å². The number of hydrogen-bond acceptors (Lipinski definition) is 1. The average molecular weight is 166 g/mol. The molecule has 0 saturated heterocycles. The van der Waals surface area contributed by atoms with E-state index in [1.165, 1.54) is 0 Å². The predicted octanol–water partition coefficient (Wildman–Crippen LogP) is 2.04. The van der Waals surface area contributed by atoms with Crippen molar-refractivity contribution in [2.24, 2.45) is 0 Å². The molecular weight excluding hydrogens is 157 g/mol. The van der Waals surface area contributed by atoms with Gasteiger partial charge in [-0.1, -0.05) is 12.2 Å². The van der Waals surface area contributed by atoms with Gasteiger partial charge < -0.3 is 5.11 Å². The number of hydrogen-bond donors (Lipinski definition) is 1. The van der Waals surface area contributed by atoms with E-state index in [1.54, 1.807) is 0 Å². The van der Waals surface area contributed by atoms with Gasteiger partial charge in [0, 0.05) is 5.57 Å². The molecule has 0 atom stereocenters. The summed E-state index contributed by atoms with van der Waals surface area (Å²) in [6.45, 7) is 2.58. The Bertz CT molecular complexity index is 158. The number of allylic oxidation sites excluding steroid dienone is 2. The van der Waals surface area contributed by atoms with Crippen LogP contribution in [0.1, 0.15) is 6.42 Å². The summed E-state index contributed by atoms with van der Waals surface area (Å²) in [5.74, 6) is 0. The van der Waals surface area contributed by atoms with Crippen molar-refractivity contribution in [3.63, 3.8) is 0 Å². The SMILES string of the molecule is C=CC/C(=C/CO)C(F)(F)F. The van der Waals surface area contributed by atoms with Gasteiger partial charge in [0.1, 0.15) is 0 Å². The summed E-state index contributed by atoms with van der Waals surface area (Å²) in [6.07, 6.45) is -2.72. The van der Waals surface area contributed by atoms with Crippen LogP contribution in [0.4, 0.5) is 13.2 Å². The van der Waals surface area contributed by atoms with E-state index in [9.17, 15) is 13.2 Å². The lowest BCUT2D eigenvalue weighted by molar-refractivity contribution is -0.0933. The van der Waals surface area contributed by atoms with Crippen LogP contribution in [0, 0.1) is 0 Å². The number of aliphatic hydroxyl groups excluding tert-OH is 1. The second-order valence-corrected chi connectivity index (χ2v) is 1.90. The maximum absolute atomic E-state index is 11.9. The van der Waals surface area contributed by atoms with Crippen molar-refractivity contribution < 1.29 is 18.3 Å². The van der Waals surface area contributed by atoms with Gasteiger partial charge >= 0.3 is 6.18 Å². The molecule has 0 radical (unpaired) electrons. The molecule has 0 bridgehead atoms. The third-order valence-electron chi connectivity index (χ3n) is 1.07. The summed E-state index contributed by atoms with van der Waals surface area (Å²) >= 11 is 0. The molecule has 0 rings (SSSR count). The predicted molar refractivity (Wildman–Crippen MR) is 36.0 cm³/mol. The third-order valence-corrected chi connectivity index (χ3v) is 1.07. The van der Waals surface area contributed by atoms with Crippen molar-refractivity contribution in [2.75, 3.05) is 6.61 Å². The molecule has 0 aliphatic heterocycles. The van der Waals surface area contributed by atoms with Gasteiger partial charge in [0.2, 0.25) is 0 Å². The molecule has 0 saturated carbocycles. The van der Waals surface area contributed by atoms with Crippen LogP contribution in [0.15, 0.2) is 24.3 Å². The Labute approximate surface area is 62.8 Å². The zero-order valence-electron chi connectivity index (χ0n) is 5.86. The lowest BCUT2D eigenvalue weighted by atomic mass is 10.2. The maximum Gasteiger partial charge on any atom is 0.412 e. The van der Waals surface area contributed by atoms with E-state index in [-0.39, 0.29) is 6.42 Å². The second kappa shape index (κ2) is 4.18.